The first-order chi connectivity index (χ1) is 10.2. The predicted molar refractivity (Wildman–Crippen MR) is 82.9 cm³/mol. The number of carbonyl (C=O) groups excluding carboxylic acids is 1. The highest BCUT2D eigenvalue weighted by molar-refractivity contribution is 7.13. The SMILES string of the molecule is O=C(O)c1sccc1NC(=O)c1sccc1-n1cccc1. The summed E-state index contributed by atoms with van der Waals surface area (Å²) in [6.45, 7) is 0. The van der Waals surface area contributed by atoms with Crippen LogP contribution in [0.1, 0.15) is 19.3 Å². The second kappa shape index (κ2) is 5.55. The molecular weight excluding hydrogens is 308 g/mol. The number of aromatic nitrogens is 1. The highest BCUT2D eigenvalue weighted by atomic mass is 32.1. The summed E-state index contributed by atoms with van der Waals surface area (Å²) in [7, 11) is 0. The Morgan fingerprint density at radius 1 is 1.05 bits per heavy atom. The van der Waals surface area contributed by atoms with Crippen LogP contribution in [0.3, 0.4) is 0 Å². The van der Waals surface area contributed by atoms with Gasteiger partial charge in [0.2, 0.25) is 0 Å². The van der Waals surface area contributed by atoms with Crippen LogP contribution in [0.15, 0.2) is 47.4 Å². The van der Waals surface area contributed by atoms with Gasteiger partial charge in [-0.1, -0.05) is 0 Å². The van der Waals surface area contributed by atoms with Gasteiger partial charge < -0.3 is 15.0 Å². The quantitative estimate of drug-likeness (QED) is 0.773. The van der Waals surface area contributed by atoms with Crippen molar-refractivity contribution in [1.82, 2.24) is 4.57 Å². The summed E-state index contributed by atoms with van der Waals surface area (Å²) >= 11 is 2.40. The Balaban J connectivity index is 1.89. The zero-order valence-corrected chi connectivity index (χ0v) is 12.3. The molecule has 3 aromatic heterocycles. The van der Waals surface area contributed by atoms with Crippen LogP contribution >= 0.6 is 22.7 Å². The number of nitrogens with zero attached hydrogens (tertiary/aromatic N) is 1. The van der Waals surface area contributed by atoms with E-state index in [2.05, 4.69) is 5.32 Å². The van der Waals surface area contributed by atoms with Crippen molar-refractivity contribution < 1.29 is 14.7 Å². The average molecular weight is 318 g/mol. The molecule has 0 saturated carbocycles. The van der Waals surface area contributed by atoms with E-state index in [-0.39, 0.29) is 10.8 Å². The van der Waals surface area contributed by atoms with Crippen molar-refractivity contribution >= 4 is 40.2 Å². The lowest BCUT2D eigenvalue weighted by atomic mass is 10.3. The van der Waals surface area contributed by atoms with E-state index in [1.807, 2.05) is 40.5 Å². The molecule has 5 nitrogen and oxygen atoms in total. The zero-order chi connectivity index (χ0) is 14.8. The van der Waals surface area contributed by atoms with Gasteiger partial charge in [-0.15, -0.1) is 22.7 Å². The van der Waals surface area contributed by atoms with Gasteiger partial charge in [0.05, 0.1) is 11.4 Å². The van der Waals surface area contributed by atoms with Crippen molar-refractivity contribution in [2.75, 3.05) is 5.32 Å². The van der Waals surface area contributed by atoms with Crippen LogP contribution in [0.4, 0.5) is 5.69 Å². The van der Waals surface area contributed by atoms with E-state index in [0.29, 0.717) is 10.6 Å². The minimum atomic E-state index is -1.04. The van der Waals surface area contributed by atoms with Crippen molar-refractivity contribution in [2.24, 2.45) is 0 Å². The van der Waals surface area contributed by atoms with Gasteiger partial charge in [0.1, 0.15) is 9.75 Å². The number of aromatic carboxylic acids is 1. The van der Waals surface area contributed by atoms with Crippen LogP contribution in [-0.2, 0) is 0 Å². The highest BCUT2D eigenvalue weighted by Crippen LogP contribution is 2.26. The third-order valence-electron chi connectivity index (χ3n) is 2.84. The molecule has 2 N–H and O–H groups in total. The molecule has 3 rings (SSSR count). The number of carboxylic acids is 1. The van der Waals surface area contributed by atoms with Crippen molar-refractivity contribution in [3.8, 4) is 5.69 Å². The second-order valence-corrected chi connectivity index (χ2v) is 5.98. The second-order valence-electron chi connectivity index (χ2n) is 4.15. The van der Waals surface area contributed by atoms with Gasteiger partial charge in [-0.05, 0) is 35.0 Å². The summed E-state index contributed by atoms with van der Waals surface area (Å²) in [5, 5.41) is 15.2. The Bertz CT molecular complexity index is 787. The molecule has 7 heteroatoms. The molecule has 0 bridgehead atoms. The molecule has 21 heavy (non-hydrogen) atoms. The molecule has 0 fully saturated rings. The van der Waals surface area contributed by atoms with Crippen LogP contribution in [0.5, 0.6) is 0 Å². The number of hydrogen-bond donors (Lipinski definition) is 2. The monoisotopic (exact) mass is 318 g/mol. The Morgan fingerprint density at radius 3 is 2.43 bits per heavy atom. The molecule has 0 aromatic carbocycles. The fraction of sp³-hybridized carbons (Fsp3) is 0. The molecule has 0 spiro atoms. The molecule has 0 saturated heterocycles. The van der Waals surface area contributed by atoms with Gasteiger partial charge in [-0.2, -0.15) is 0 Å². The zero-order valence-electron chi connectivity index (χ0n) is 10.6. The number of carboxylic acid groups (broad SMARTS) is 1. The summed E-state index contributed by atoms with van der Waals surface area (Å²) in [6.07, 6.45) is 3.71. The van der Waals surface area contributed by atoms with Crippen molar-refractivity contribution in [3.63, 3.8) is 0 Å². The lowest BCUT2D eigenvalue weighted by molar-refractivity contribution is 0.0703. The minimum Gasteiger partial charge on any atom is -0.477 e. The fourth-order valence-electron chi connectivity index (χ4n) is 1.92. The van der Waals surface area contributed by atoms with Crippen molar-refractivity contribution in [2.45, 2.75) is 0 Å². The summed E-state index contributed by atoms with van der Waals surface area (Å²) in [5.41, 5.74) is 1.10. The Morgan fingerprint density at radius 2 is 1.71 bits per heavy atom. The summed E-state index contributed by atoms with van der Waals surface area (Å²) < 4.78 is 1.84. The van der Waals surface area contributed by atoms with Crippen LogP contribution in [0.25, 0.3) is 5.69 Å². The largest absolute Gasteiger partial charge is 0.477 e. The maximum atomic E-state index is 12.4. The minimum absolute atomic E-state index is 0.127. The first-order valence-electron chi connectivity index (χ1n) is 6.00. The van der Waals surface area contributed by atoms with E-state index < -0.39 is 5.97 Å². The maximum Gasteiger partial charge on any atom is 0.348 e. The molecule has 3 heterocycles. The maximum absolute atomic E-state index is 12.4. The van der Waals surface area contributed by atoms with Gasteiger partial charge in [-0.25, -0.2) is 4.79 Å². The van der Waals surface area contributed by atoms with E-state index >= 15 is 0 Å². The number of hydrogen-bond acceptors (Lipinski definition) is 4. The number of amides is 1. The van der Waals surface area contributed by atoms with Crippen molar-refractivity contribution in [1.29, 1.82) is 0 Å². The molecular formula is C14H10N2O3S2. The van der Waals surface area contributed by atoms with Gasteiger partial charge in [0.25, 0.3) is 5.91 Å². The predicted octanol–water partition coefficient (Wildman–Crippen LogP) is 3.55. The van der Waals surface area contributed by atoms with E-state index in [1.54, 1.807) is 11.4 Å². The molecule has 1 amide bonds. The number of anilines is 1. The lowest BCUT2D eigenvalue weighted by Gasteiger charge is -2.06. The number of nitrogens with one attached hydrogen (secondary N) is 1. The summed E-state index contributed by atoms with van der Waals surface area (Å²) in [5.74, 6) is -1.35. The standard InChI is InChI=1S/C14H10N2O3S2/c17-13(15-9-3-7-20-11(9)14(18)19)12-10(4-8-21-12)16-5-1-2-6-16/h1-8H,(H,15,17)(H,18,19). The van der Waals surface area contributed by atoms with E-state index in [0.717, 1.165) is 17.0 Å². The topological polar surface area (TPSA) is 71.3 Å². The molecule has 0 atom stereocenters. The molecule has 0 aliphatic rings. The van der Waals surface area contributed by atoms with E-state index in [4.69, 9.17) is 5.11 Å². The van der Waals surface area contributed by atoms with Gasteiger partial charge in [-0.3, -0.25) is 4.79 Å². The smallest absolute Gasteiger partial charge is 0.348 e. The summed E-state index contributed by atoms with van der Waals surface area (Å²) in [6, 6.07) is 7.20. The first-order valence-corrected chi connectivity index (χ1v) is 7.75. The Hall–Kier alpha value is -2.38. The third-order valence-corrected chi connectivity index (χ3v) is 4.65. The Kier molecular flexibility index (Phi) is 3.59. The van der Waals surface area contributed by atoms with E-state index in [9.17, 15) is 9.59 Å². The van der Waals surface area contributed by atoms with Crippen LogP contribution in [-0.4, -0.2) is 21.6 Å². The average Bonchev–Trinajstić information content (AvgIpc) is 3.19. The van der Waals surface area contributed by atoms with Crippen molar-refractivity contribution in [3.05, 3.63) is 57.2 Å². The van der Waals surface area contributed by atoms with Gasteiger partial charge in [0.15, 0.2) is 0 Å². The number of rotatable bonds is 4. The first kappa shape index (κ1) is 13.6. The highest BCUT2D eigenvalue weighted by Gasteiger charge is 2.18. The number of thiophene rings is 2. The molecule has 106 valence electrons. The lowest BCUT2D eigenvalue weighted by Crippen LogP contribution is -2.14. The molecule has 0 aliphatic heterocycles. The molecule has 0 unspecified atom stereocenters. The van der Waals surface area contributed by atoms with Crippen LogP contribution in [0, 0.1) is 0 Å². The van der Waals surface area contributed by atoms with Crippen LogP contribution < -0.4 is 5.32 Å². The molecule has 0 radical (unpaired) electrons. The fourth-order valence-corrected chi connectivity index (χ4v) is 3.40. The van der Waals surface area contributed by atoms with Gasteiger partial charge >= 0.3 is 5.97 Å². The van der Waals surface area contributed by atoms with E-state index in [1.165, 1.54) is 11.3 Å². The Labute approximate surface area is 128 Å². The molecule has 0 aliphatic carbocycles. The molecule has 3 aromatic rings. The van der Waals surface area contributed by atoms with Crippen LogP contribution in [0.2, 0.25) is 0 Å². The third kappa shape index (κ3) is 2.61. The van der Waals surface area contributed by atoms with Gasteiger partial charge in [0, 0.05) is 12.4 Å². The normalized spacial score (nSPS) is 10.5. The summed E-state index contributed by atoms with van der Waals surface area (Å²) in [4.78, 5) is 24.1. The number of carbonyl (C=O) groups is 2.